The van der Waals surface area contributed by atoms with Crippen LogP contribution in [0.5, 0.6) is 0 Å². The van der Waals surface area contributed by atoms with Crippen LogP contribution in [0.25, 0.3) is 11.1 Å². The van der Waals surface area contributed by atoms with Crippen molar-refractivity contribution in [2.75, 3.05) is 19.5 Å². The molecule has 0 bridgehead atoms. The summed E-state index contributed by atoms with van der Waals surface area (Å²) < 4.78 is 5.07. The van der Waals surface area contributed by atoms with E-state index in [2.05, 4.69) is 36.4 Å². The van der Waals surface area contributed by atoms with E-state index in [1.807, 2.05) is 13.0 Å². The van der Waals surface area contributed by atoms with Crippen LogP contribution < -0.4 is 5.73 Å². The van der Waals surface area contributed by atoms with Gasteiger partial charge in [0.05, 0.1) is 6.61 Å². The van der Waals surface area contributed by atoms with Gasteiger partial charge in [0.2, 0.25) is 0 Å². The predicted molar refractivity (Wildman–Crippen MR) is 76.6 cm³/mol. The maximum absolute atomic E-state index is 5.94. The lowest BCUT2D eigenvalue weighted by Crippen LogP contribution is -1.94. The van der Waals surface area contributed by atoms with E-state index >= 15 is 0 Å². The van der Waals surface area contributed by atoms with Gasteiger partial charge in [0.1, 0.15) is 0 Å². The lowest BCUT2D eigenvalue weighted by Gasteiger charge is -2.07. The number of nitrogens with two attached hydrogens (primary N) is 1. The van der Waals surface area contributed by atoms with E-state index in [0.717, 1.165) is 29.8 Å². The highest BCUT2D eigenvalue weighted by molar-refractivity contribution is 5.69. The fraction of sp³-hybridized carbons (Fsp3) is 0.250. The summed E-state index contributed by atoms with van der Waals surface area (Å²) in [4.78, 5) is 0. The summed E-state index contributed by atoms with van der Waals surface area (Å²) in [5.41, 5.74) is 11.6. The van der Waals surface area contributed by atoms with Gasteiger partial charge in [0.25, 0.3) is 0 Å². The van der Waals surface area contributed by atoms with Crippen LogP contribution in [0.1, 0.15) is 11.1 Å². The van der Waals surface area contributed by atoms with Gasteiger partial charge in [-0.15, -0.1) is 0 Å². The van der Waals surface area contributed by atoms with Crippen molar-refractivity contribution in [1.82, 2.24) is 0 Å². The SMILES string of the molecule is COCCc1ccc(-c2ccc(C)c(N)c2)cc1. The molecule has 2 aromatic carbocycles. The molecule has 0 saturated carbocycles. The number of ether oxygens (including phenoxy) is 1. The van der Waals surface area contributed by atoms with E-state index in [4.69, 9.17) is 10.5 Å². The van der Waals surface area contributed by atoms with E-state index < -0.39 is 0 Å². The minimum absolute atomic E-state index is 0.761. The normalized spacial score (nSPS) is 10.6. The van der Waals surface area contributed by atoms with Crippen LogP contribution >= 0.6 is 0 Å². The molecular formula is C16H19NO. The number of hydrogen-bond donors (Lipinski definition) is 1. The summed E-state index contributed by atoms with van der Waals surface area (Å²) in [5, 5.41) is 0. The fourth-order valence-electron chi connectivity index (χ4n) is 1.90. The average Bonchev–Trinajstić information content (AvgIpc) is 2.40. The second-order valence-corrected chi connectivity index (χ2v) is 4.51. The van der Waals surface area contributed by atoms with E-state index in [1.54, 1.807) is 7.11 Å². The number of benzene rings is 2. The molecule has 0 atom stereocenters. The Morgan fingerprint density at radius 1 is 1.00 bits per heavy atom. The Bertz CT molecular complexity index is 517. The van der Waals surface area contributed by atoms with Crippen molar-refractivity contribution < 1.29 is 4.74 Å². The van der Waals surface area contributed by atoms with Crippen molar-refractivity contribution in [3.05, 3.63) is 53.6 Å². The predicted octanol–water partition coefficient (Wildman–Crippen LogP) is 3.43. The first-order valence-electron chi connectivity index (χ1n) is 6.15. The molecule has 0 radical (unpaired) electrons. The molecular weight excluding hydrogens is 222 g/mol. The Morgan fingerprint density at radius 3 is 2.28 bits per heavy atom. The van der Waals surface area contributed by atoms with Crippen LogP contribution in [0.4, 0.5) is 5.69 Å². The zero-order chi connectivity index (χ0) is 13.0. The number of nitrogen functional groups attached to an aromatic ring is 1. The van der Waals surface area contributed by atoms with E-state index in [1.165, 1.54) is 11.1 Å². The molecule has 94 valence electrons. The van der Waals surface area contributed by atoms with E-state index in [9.17, 15) is 0 Å². The molecule has 2 heteroatoms. The van der Waals surface area contributed by atoms with Crippen molar-refractivity contribution in [3.63, 3.8) is 0 Å². The molecule has 0 amide bonds. The summed E-state index contributed by atoms with van der Waals surface area (Å²) in [7, 11) is 1.73. The van der Waals surface area contributed by atoms with Gasteiger partial charge in [-0.25, -0.2) is 0 Å². The van der Waals surface area contributed by atoms with Gasteiger partial charge in [-0.1, -0.05) is 36.4 Å². The molecule has 2 nitrogen and oxygen atoms in total. The van der Waals surface area contributed by atoms with Crippen LogP contribution in [-0.2, 0) is 11.2 Å². The number of rotatable bonds is 4. The summed E-state index contributed by atoms with van der Waals surface area (Å²) in [6.07, 6.45) is 0.951. The second-order valence-electron chi connectivity index (χ2n) is 4.51. The second kappa shape index (κ2) is 5.69. The van der Waals surface area contributed by atoms with Crippen LogP contribution in [0.3, 0.4) is 0 Å². The van der Waals surface area contributed by atoms with Gasteiger partial charge in [0, 0.05) is 12.8 Å². The Balaban J connectivity index is 2.20. The van der Waals surface area contributed by atoms with E-state index in [0.29, 0.717) is 0 Å². The highest BCUT2D eigenvalue weighted by Crippen LogP contribution is 2.24. The van der Waals surface area contributed by atoms with Crippen molar-refractivity contribution in [3.8, 4) is 11.1 Å². The zero-order valence-electron chi connectivity index (χ0n) is 10.9. The first kappa shape index (κ1) is 12.7. The summed E-state index contributed by atoms with van der Waals surface area (Å²) >= 11 is 0. The highest BCUT2D eigenvalue weighted by Gasteiger charge is 2.00. The Kier molecular flexibility index (Phi) is 4.00. The van der Waals surface area contributed by atoms with Crippen LogP contribution in [0, 0.1) is 6.92 Å². The minimum Gasteiger partial charge on any atom is -0.398 e. The summed E-state index contributed by atoms with van der Waals surface area (Å²) in [6, 6.07) is 14.7. The number of hydrogen-bond acceptors (Lipinski definition) is 2. The van der Waals surface area contributed by atoms with Crippen molar-refractivity contribution >= 4 is 5.69 Å². The number of aryl methyl sites for hydroxylation is 1. The topological polar surface area (TPSA) is 35.2 Å². The molecule has 0 unspecified atom stereocenters. The lowest BCUT2D eigenvalue weighted by atomic mass is 10.0. The largest absolute Gasteiger partial charge is 0.398 e. The molecule has 0 aliphatic rings. The molecule has 0 heterocycles. The van der Waals surface area contributed by atoms with Crippen molar-refractivity contribution in [2.45, 2.75) is 13.3 Å². The van der Waals surface area contributed by atoms with Gasteiger partial charge in [-0.3, -0.25) is 0 Å². The van der Waals surface area contributed by atoms with Gasteiger partial charge in [0.15, 0.2) is 0 Å². The molecule has 0 aromatic heterocycles. The first-order chi connectivity index (χ1) is 8.70. The molecule has 0 aliphatic heterocycles. The lowest BCUT2D eigenvalue weighted by molar-refractivity contribution is 0.202. The number of anilines is 1. The quantitative estimate of drug-likeness (QED) is 0.832. The van der Waals surface area contributed by atoms with Gasteiger partial charge in [-0.2, -0.15) is 0 Å². The summed E-state index contributed by atoms with van der Waals surface area (Å²) in [5.74, 6) is 0. The monoisotopic (exact) mass is 241 g/mol. The molecule has 0 fully saturated rings. The fourth-order valence-corrected chi connectivity index (χ4v) is 1.90. The van der Waals surface area contributed by atoms with Crippen LogP contribution in [0.2, 0.25) is 0 Å². The highest BCUT2D eigenvalue weighted by atomic mass is 16.5. The van der Waals surface area contributed by atoms with Gasteiger partial charge in [-0.05, 0) is 41.7 Å². The van der Waals surface area contributed by atoms with Gasteiger partial charge < -0.3 is 10.5 Å². The molecule has 0 spiro atoms. The smallest absolute Gasteiger partial charge is 0.0502 e. The molecule has 2 N–H and O–H groups in total. The van der Waals surface area contributed by atoms with Crippen molar-refractivity contribution in [1.29, 1.82) is 0 Å². The first-order valence-corrected chi connectivity index (χ1v) is 6.15. The molecule has 18 heavy (non-hydrogen) atoms. The standard InChI is InChI=1S/C16H19NO/c1-12-3-6-15(11-16(12)17)14-7-4-13(5-8-14)9-10-18-2/h3-8,11H,9-10,17H2,1-2H3. The Hall–Kier alpha value is -1.80. The minimum atomic E-state index is 0.761. The third-order valence-electron chi connectivity index (χ3n) is 3.16. The van der Waals surface area contributed by atoms with Crippen LogP contribution in [0.15, 0.2) is 42.5 Å². The average molecular weight is 241 g/mol. The zero-order valence-corrected chi connectivity index (χ0v) is 10.9. The Morgan fingerprint density at radius 2 is 1.67 bits per heavy atom. The third-order valence-corrected chi connectivity index (χ3v) is 3.16. The molecule has 2 rings (SSSR count). The third kappa shape index (κ3) is 2.90. The van der Waals surface area contributed by atoms with E-state index in [-0.39, 0.29) is 0 Å². The molecule has 2 aromatic rings. The maximum atomic E-state index is 5.94. The maximum Gasteiger partial charge on any atom is 0.0502 e. The molecule has 0 aliphatic carbocycles. The Labute approximate surface area is 108 Å². The van der Waals surface area contributed by atoms with Crippen molar-refractivity contribution in [2.24, 2.45) is 0 Å². The molecule has 0 saturated heterocycles. The van der Waals surface area contributed by atoms with Crippen LogP contribution in [-0.4, -0.2) is 13.7 Å². The van der Waals surface area contributed by atoms with Gasteiger partial charge >= 0.3 is 0 Å². The number of methoxy groups -OCH3 is 1. The summed E-state index contributed by atoms with van der Waals surface area (Å²) in [6.45, 7) is 2.78.